The topological polar surface area (TPSA) is 29.5 Å². The van der Waals surface area contributed by atoms with E-state index in [1.165, 1.54) is 6.07 Å². The minimum Gasteiger partial charge on any atom is -0.466 e. The van der Waals surface area contributed by atoms with Crippen LogP contribution in [0.2, 0.25) is 0 Å². The molecule has 0 aromatic heterocycles. The highest BCUT2D eigenvalue weighted by atomic mass is 19.1. The highest BCUT2D eigenvalue weighted by molar-refractivity contribution is 5.72. The van der Waals surface area contributed by atoms with Crippen molar-refractivity contribution < 1.29 is 13.9 Å². The van der Waals surface area contributed by atoms with Crippen molar-refractivity contribution in [3.63, 3.8) is 0 Å². The third-order valence-electron chi connectivity index (χ3n) is 3.48. The molecule has 0 spiro atoms. The van der Waals surface area contributed by atoms with Crippen LogP contribution >= 0.6 is 0 Å². The molecular formula is C15H20FNO2. The van der Waals surface area contributed by atoms with Gasteiger partial charge in [0.2, 0.25) is 0 Å². The molecule has 1 aliphatic heterocycles. The van der Waals surface area contributed by atoms with E-state index in [9.17, 15) is 9.18 Å². The largest absolute Gasteiger partial charge is 0.466 e. The van der Waals surface area contributed by atoms with Gasteiger partial charge in [0.25, 0.3) is 0 Å². The Morgan fingerprint density at radius 3 is 3.00 bits per heavy atom. The van der Waals surface area contributed by atoms with Crippen LogP contribution < -0.4 is 0 Å². The molecule has 1 saturated heterocycles. The van der Waals surface area contributed by atoms with Crippen LogP contribution in [-0.4, -0.2) is 30.6 Å². The summed E-state index contributed by atoms with van der Waals surface area (Å²) in [7, 11) is 0. The maximum absolute atomic E-state index is 13.6. The number of benzene rings is 1. The van der Waals surface area contributed by atoms with E-state index in [0.717, 1.165) is 19.4 Å². The van der Waals surface area contributed by atoms with Crippen LogP contribution in [-0.2, 0) is 16.1 Å². The van der Waals surface area contributed by atoms with Gasteiger partial charge in [-0.05, 0) is 32.4 Å². The zero-order valence-corrected chi connectivity index (χ0v) is 11.3. The molecule has 0 N–H and O–H groups in total. The predicted molar refractivity (Wildman–Crippen MR) is 71.0 cm³/mol. The zero-order valence-electron chi connectivity index (χ0n) is 11.3. The van der Waals surface area contributed by atoms with Crippen molar-refractivity contribution in [2.24, 2.45) is 5.92 Å². The van der Waals surface area contributed by atoms with Crippen molar-refractivity contribution in [3.05, 3.63) is 35.6 Å². The normalized spacial score (nSPS) is 20.2. The molecule has 1 fully saturated rings. The molecule has 1 atom stereocenters. The van der Waals surface area contributed by atoms with Crippen molar-refractivity contribution in [3.8, 4) is 0 Å². The summed E-state index contributed by atoms with van der Waals surface area (Å²) >= 11 is 0. The second kappa shape index (κ2) is 6.66. The first-order valence-electron chi connectivity index (χ1n) is 6.83. The molecule has 1 aromatic rings. The molecule has 0 radical (unpaired) electrons. The summed E-state index contributed by atoms with van der Waals surface area (Å²) in [5, 5.41) is 0. The van der Waals surface area contributed by atoms with Crippen LogP contribution in [0.1, 0.15) is 25.3 Å². The Labute approximate surface area is 113 Å². The van der Waals surface area contributed by atoms with Gasteiger partial charge in [-0.1, -0.05) is 18.2 Å². The fourth-order valence-electron chi connectivity index (χ4n) is 2.52. The average Bonchev–Trinajstić information content (AvgIpc) is 2.42. The summed E-state index contributed by atoms with van der Waals surface area (Å²) in [6, 6.07) is 6.80. The lowest BCUT2D eigenvalue weighted by Crippen LogP contribution is -2.39. The molecule has 0 saturated carbocycles. The van der Waals surface area contributed by atoms with Gasteiger partial charge in [0.05, 0.1) is 12.5 Å². The van der Waals surface area contributed by atoms with Crippen LogP contribution in [0.3, 0.4) is 0 Å². The van der Waals surface area contributed by atoms with E-state index in [0.29, 0.717) is 25.3 Å². The van der Waals surface area contributed by atoms with Crippen molar-refractivity contribution >= 4 is 5.97 Å². The Bertz CT molecular complexity index is 436. The third kappa shape index (κ3) is 3.77. The molecule has 0 amide bonds. The lowest BCUT2D eigenvalue weighted by Gasteiger charge is -2.31. The van der Waals surface area contributed by atoms with Gasteiger partial charge in [-0.2, -0.15) is 0 Å². The van der Waals surface area contributed by atoms with Gasteiger partial charge in [0, 0.05) is 18.7 Å². The Hall–Kier alpha value is -1.42. The standard InChI is InChI=1S/C15H20FNO2/c1-2-19-15(18)13-7-5-9-17(11-13)10-12-6-3-4-8-14(12)16/h3-4,6,8,13H,2,5,7,9-11H2,1H3/t13-/m1/s1. The van der Waals surface area contributed by atoms with Gasteiger partial charge < -0.3 is 4.74 Å². The summed E-state index contributed by atoms with van der Waals surface area (Å²) in [4.78, 5) is 13.9. The molecule has 104 valence electrons. The van der Waals surface area contributed by atoms with Gasteiger partial charge in [-0.3, -0.25) is 9.69 Å². The van der Waals surface area contributed by atoms with E-state index in [-0.39, 0.29) is 17.7 Å². The van der Waals surface area contributed by atoms with Crippen molar-refractivity contribution in [2.75, 3.05) is 19.7 Å². The van der Waals surface area contributed by atoms with Crippen LogP contribution in [0.5, 0.6) is 0 Å². The van der Waals surface area contributed by atoms with Gasteiger partial charge >= 0.3 is 5.97 Å². The fourth-order valence-corrected chi connectivity index (χ4v) is 2.52. The minimum atomic E-state index is -0.180. The number of hydrogen-bond donors (Lipinski definition) is 0. The molecule has 0 unspecified atom stereocenters. The molecule has 1 aliphatic rings. The van der Waals surface area contributed by atoms with Crippen molar-refractivity contribution in [1.29, 1.82) is 0 Å². The first kappa shape index (κ1) is 14.0. The second-order valence-corrected chi connectivity index (χ2v) is 4.92. The van der Waals surface area contributed by atoms with Crippen LogP contribution in [0.25, 0.3) is 0 Å². The van der Waals surface area contributed by atoms with Crippen LogP contribution in [0, 0.1) is 11.7 Å². The number of rotatable bonds is 4. The third-order valence-corrected chi connectivity index (χ3v) is 3.48. The lowest BCUT2D eigenvalue weighted by molar-refractivity contribution is -0.150. The van der Waals surface area contributed by atoms with Gasteiger partial charge in [-0.15, -0.1) is 0 Å². The number of carbonyl (C=O) groups excluding carboxylic acids is 1. The number of hydrogen-bond acceptors (Lipinski definition) is 3. The smallest absolute Gasteiger partial charge is 0.310 e. The number of esters is 1. The number of ether oxygens (including phenoxy) is 1. The molecule has 0 bridgehead atoms. The monoisotopic (exact) mass is 265 g/mol. The summed E-state index contributed by atoms with van der Waals surface area (Å²) in [5.74, 6) is -0.373. The quantitative estimate of drug-likeness (QED) is 0.784. The number of carbonyl (C=O) groups is 1. The van der Waals surface area contributed by atoms with E-state index in [1.54, 1.807) is 12.1 Å². The van der Waals surface area contributed by atoms with Gasteiger partial charge in [-0.25, -0.2) is 4.39 Å². The summed E-state index contributed by atoms with van der Waals surface area (Å²) in [6.45, 7) is 4.36. The Morgan fingerprint density at radius 1 is 1.47 bits per heavy atom. The van der Waals surface area contributed by atoms with Crippen LogP contribution in [0.15, 0.2) is 24.3 Å². The Morgan fingerprint density at radius 2 is 2.26 bits per heavy atom. The predicted octanol–water partition coefficient (Wildman–Crippen LogP) is 2.60. The molecule has 0 aliphatic carbocycles. The van der Waals surface area contributed by atoms with Gasteiger partial charge in [0.15, 0.2) is 0 Å². The van der Waals surface area contributed by atoms with Crippen molar-refractivity contribution in [1.82, 2.24) is 4.90 Å². The van der Waals surface area contributed by atoms with E-state index in [1.807, 2.05) is 13.0 Å². The molecule has 1 heterocycles. The molecule has 4 heteroatoms. The summed E-state index contributed by atoms with van der Waals surface area (Å²) < 4.78 is 18.7. The van der Waals surface area contributed by atoms with Crippen molar-refractivity contribution in [2.45, 2.75) is 26.3 Å². The first-order chi connectivity index (χ1) is 9.20. The molecule has 2 rings (SSSR count). The minimum absolute atomic E-state index is 0.0690. The Kier molecular flexibility index (Phi) is 4.91. The number of halogens is 1. The first-order valence-corrected chi connectivity index (χ1v) is 6.83. The van der Waals surface area contributed by atoms with E-state index in [4.69, 9.17) is 4.74 Å². The van der Waals surface area contributed by atoms with E-state index in [2.05, 4.69) is 4.90 Å². The maximum atomic E-state index is 13.6. The number of nitrogens with zero attached hydrogens (tertiary/aromatic N) is 1. The van der Waals surface area contributed by atoms with E-state index < -0.39 is 0 Å². The molecular weight excluding hydrogens is 245 g/mol. The zero-order chi connectivity index (χ0) is 13.7. The summed E-state index contributed by atoms with van der Waals surface area (Å²) in [5.41, 5.74) is 0.687. The second-order valence-electron chi connectivity index (χ2n) is 4.92. The number of piperidine rings is 1. The fraction of sp³-hybridized carbons (Fsp3) is 0.533. The molecule has 3 nitrogen and oxygen atoms in total. The summed E-state index contributed by atoms with van der Waals surface area (Å²) in [6.07, 6.45) is 1.82. The Balaban J connectivity index is 1.94. The lowest BCUT2D eigenvalue weighted by atomic mass is 9.97. The number of likely N-dealkylation sites (tertiary alicyclic amines) is 1. The molecule has 1 aromatic carbocycles. The average molecular weight is 265 g/mol. The SMILES string of the molecule is CCOC(=O)[C@@H]1CCCN(Cc2ccccc2F)C1. The van der Waals surface area contributed by atoms with Crippen LogP contribution in [0.4, 0.5) is 4.39 Å². The highest BCUT2D eigenvalue weighted by Gasteiger charge is 2.27. The highest BCUT2D eigenvalue weighted by Crippen LogP contribution is 2.20. The molecule has 19 heavy (non-hydrogen) atoms. The maximum Gasteiger partial charge on any atom is 0.310 e. The van der Waals surface area contributed by atoms with E-state index >= 15 is 0 Å². The van der Waals surface area contributed by atoms with Gasteiger partial charge in [0.1, 0.15) is 5.82 Å².